The molecular weight excluding hydrogens is 300 g/mol. The number of halogens is 1. The quantitative estimate of drug-likeness (QED) is 0.814. The summed E-state index contributed by atoms with van der Waals surface area (Å²) in [5, 5.41) is 0. The number of rotatable bonds is 6. The second-order valence-electron chi connectivity index (χ2n) is 4.61. The normalized spacial score (nSPS) is 17.1. The highest BCUT2D eigenvalue weighted by atomic mass is 35.5. The molecule has 1 aliphatic rings. The Morgan fingerprint density at radius 1 is 1.30 bits per heavy atom. The molecule has 0 bridgehead atoms. The molecule has 1 fully saturated rings. The van der Waals surface area contributed by atoms with Crippen molar-refractivity contribution in [2.75, 3.05) is 36.9 Å². The minimum absolute atomic E-state index is 0.390. The minimum atomic E-state index is -3.50. The Morgan fingerprint density at radius 2 is 2.05 bits per heavy atom. The fraction of sp³-hybridized carbons (Fsp3) is 0.538. The lowest BCUT2D eigenvalue weighted by Crippen LogP contribution is -2.43. The van der Waals surface area contributed by atoms with E-state index in [1.165, 1.54) is 4.31 Å². The van der Waals surface area contributed by atoms with Crippen LogP contribution < -0.4 is 4.72 Å². The molecule has 0 saturated carbocycles. The molecule has 0 aliphatic carbocycles. The van der Waals surface area contributed by atoms with E-state index in [1.54, 1.807) is 6.07 Å². The van der Waals surface area contributed by atoms with Gasteiger partial charge in [0.2, 0.25) is 0 Å². The van der Waals surface area contributed by atoms with Crippen molar-refractivity contribution >= 4 is 27.5 Å². The van der Waals surface area contributed by atoms with Gasteiger partial charge in [0.15, 0.2) is 0 Å². The SMILES string of the molecule is O=S(=O)(Nc1cccc(CCCCl)c1)N1CCOCC1. The van der Waals surface area contributed by atoms with Gasteiger partial charge in [-0.1, -0.05) is 12.1 Å². The average Bonchev–Trinajstić information content (AvgIpc) is 2.46. The van der Waals surface area contributed by atoms with Crippen molar-refractivity contribution in [3.63, 3.8) is 0 Å². The third-order valence-electron chi connectivity index (χ3n) is 3.08. The van der Waals surface area contributed by atoms with E-state index in [0.717, 1.165) is 18.4 Å². The molecule has 2 rings (SSSR count). The number of aryl methyl sites for hydroxylation is 1. The maximum Gasteiger partial charge on any atom is 0.301 e. The molecule has 0 unspecified atom stereocenters. The lowest BCUT2D eigenvalue weighted by Gasteiger charge is -2.26. The highest BCUT2D eigenvalue weighted by molar-refractivity contribution is 7.90. The van der Waals surface area contributed by atoms with Crippen LogP contribution in [0.3, 0.4) is 0 Å². The molecule has 1 aliphatic heterocycles. The monoisotopic (exact) mass is 318 g/mol. The number of hydrogen-bond donors (Lipinski definition) is 1. The number of hydrogen-bond acceptors (Lipinski definition) is 3. The van der Waals surface area contributed by atoms with Crippen LogP contribution in [0.5, 0.6) is 0 Å². The van der Waals surface area contributed by atoms with Crippen LogP contribution in [0.25, 0.3) is 0 Å². The van der Waals surface area contributed by atoms with Gasteiger partial charge >= 0.3 is 10.2 Å². The molecule has 0 spiro atoms. The summed E-state index contributed by atoms with van der Waals surface area (Å²) >= 11 is 5.67. The van der Waals surface area contributed by atoms with Crippen molar-refractivity contribution in [1.29, 1.82) is 0 Å². The van der Waals surface area contributed by atoms with Gasteiger partial charge in [0, 0.05) is 19.0 Å². The lowest BCUT2D eigenvalue weighted by atomic mass is 10.1. The van der Waals surface area contributed by atoms with Gasteiger partial charge in [-0.05, 0) is 30.5 Å². The molecule has 1 heterocycles. The molecule has 7 heteroatoms. The summed E-state index contributed by atoms with van der Waals surface area (Å²) in [5.74, 6) is 0.601. The number of benzene rings is 1. The molecule has 5 nitrogen and oxygen atoms in total. The van der Waals surface area contributed by atoms with Crippen LogP contribution in [0.15, 0.2) is 24.3 Å². The fourth-order valence-electron chi connectivity index (χ4n) is 2.06. The first-order valence-corrected chi connectivity index (χ1v) is 8.60. The molecule has 1 aromatic rings. The van der Waals surface area contributed by atoms with Gasteiger partial charge in [0.1, 0.15) is 0 Å². The summed E-state index contributed by atoms with van der Waals surface area (Å²) in [5.41, 5.74) is 1.66. The molecule has 0 radical (unpaired) electrons. The molecule has 1 N–H and O–H groups in total. The zero-order valence-corrected chi connectivity index (χ0v) is 12.8. The third kappa shape index (κ3) is 4.34. The zero-order chi connectivity index (χ0) is 14.4. The van der Waals surface area contributed by atoms with Crippen molar-refractivity contribution in [3.8, 4) is 0 Å². The van der Waals surface area contributed by atoms with Gasteiger partial charge in [0.25, 0.3) is 0 Å². The molecule has 0 aromatic heterocycles. The predicted molar refractivity (Wildman–Crippen MR) is 80.4 cm³/mol. The lowest BCUT2D eigenvalue weighted by molar-refractivity contribution is 0.0733. The standard InChI is InChI=1S/C13H19ClN2O3S/c14-6-2-4-12-3-1-5-13(11-12)15-20(17,18)16-7-9-19-10-8-16/h1,3,5,11,15H,2,4,6-10H2. The summed E-state index contributed by atoms with van der Waals surface area (Å²) < 4.78 is 33.6. The smallest absolute Gasteiger partial charge is 0.301 e. The van der Waals surface area contributed by atoms with Gasteiger partial charge in [-0.3, -0.25) is 4.72 Å². The van der Waals surface area contributed by atoms with Crippen LogP contribution >= 0.6 is 11.6 Å². The van der Waals surface area contributed by atoms with E-state index in [-0.39, 0.29) is 0 Å². The first-order valence-electron chi connectivity index (χ1n) is 6.62. The van der Waals surface area contributed by atoms with Crippen LogP contribution in [0.4, 0.5) is 5.69 Å². The van der Waals surface area contributed by atoms with E-state index in [2.05, 4.69) is 4.72 Å². The van der Waals surface area contributed by atoms with Crippen LogP contribution in [-0.4, -0.2) is 44.9 Å². The molecule has 0 amide bonds. The summed E-state index contributed by atoms with van der Waals surface area (Å²) in [6.45, 7) is 1.66. The van der Waals surface area contributed by atoms with Crippen molar-refractivity contribution in [1.82, 2.24) is 4.31 Å². The number of ether oxygens (including phenoxy) is 1. The summed E-state index contributed by atoms with van der Waals surface area (Å²) in [7, 11) is -3.50. The zero-order valence-electron chi connectivity index (χ0n) is 11.2. The van der Waals surface area contributed by atoms with Gasteiger partial charge in [-0.15, -0.1) is 11.6 Å². The molecule has 1 aromatic carbocycles. The molecule has 1 saturated heterocycles. The van der Waals surface area contributed by atoms with Crippen molar-refractivity contribution in [3.05, 3.63) is 29.8 Å². The predicted octanol–water partition coefficient (Wildman–Crippen LogP) is 1.85. The van der Waals surface area contributed by atoms with Crippen LogP contribution in [0.1, 0.15) is 12.0 Å². The van der Waals surface area contributed by atoms with Crippen LogP contribution in [0, 0.1) is 0 Å². The molecule has 112 valence electrons. The first kappa shape index (κ1) is 15.6. The van der Waals surface area contributed by atoms with Gasteiger partial charge in [-0.2, -0.15) is 12.7 Å². The van der Waals surface area contributed by atoms with Crippen molar-refractivity contribution in [2.24, 2.45) is 0 Å². The Kier molecular flexibility index (Phi) is 5.65. The van der Waals surface area contributed by atoms with Crippen molar-refractivity contribution < 1.29 is 13.2 Å². The first-order chi connectivity index (χ1) is 9.62. The highest BCUT2D eigenvalue weighted by Crippen LogP contribution is 2.16. The number of morpholine rings is 1. The van der Waals surface area contributed by atoms with Gasteiger partial charge in [0.05, 0.1) is 18.9 Å². The maximum atomic E-state index is 12.2. The van der Waals surface area contributed by atoms with E-state index in [9.17, 15) is 8.42 Å². The number of nitrogens with zero attached hydrogens (tertiary/aromatic N) is 1. The highest BCUT2D eigenvalue weighted by Gasteiger charge is 2.24. The Labute approximate surface area is 125 Å². The van der Waals surface area contributed by atoms with E-state index in [4.69, 9.17) is 16.3 Å². The van der Waals surface area contributed by atoms with E-state index >= 15 is 0 Å². The Bertz CT molecular complexity index is 530. The van der Waals surface area contributed by atoms with Gasteiger partial charge < -0.3 is 4.74 Å². The largest absolute Gasteiger partial charge is 0.379 e. The number of alkyl halides is 1. The van der Waals surface area contributed by atoms with E-state index < -0.39 is 10.2 Å². The van der Waals surface area contributed by atoms with Crippen LogP contribution in [-0.2, 0) is 21.4 Å². The van der Waals surface area contributed by atoms with Gasteiger partial charge in [-0.25, -0.2) is 0 Å². The Morgan fingerprint density at radius 3 is 2.75 bits per heavy atom. The van der Waals surface area contributed by atoms with E-state index in [0.29, 0.717) is 37.9 Å². The van der Waals surface area contributed by atoms with Crippen LogP contribution in [0.2, 0.25) is 0 Å². The Balaban J connectivity index is 2.04. The Hall–Kier alpha value is -0.820. The maximum absolute atomic E-state index is 12.2. The van der Waals surface area contributed by atoms with Crippen molar-refractivity contribution in [2.45, 2.75) is 12.8 Å². The fourth-order valence-corrected chi connectivity index (χ4v) is 3.38. The van der Waals surface area contributed by atoms with E-state index in [1.807, 2.05) is 18.2 Å². The topological polar surface area (TPSA) is 58.6 Å². The summed E-state index contributed by atoms with van der Waals surface area (Å²) in [4.78, 5) is 0. The average molecular weight is 319 g/mol. The summed E-state index contributed by atoms with van der Waals surface area (Å²) in [6, 6.07) is 7.42. The molecule has 0 atom stereocenters. The minimum Gasteiger partial charge on any atom is -0.379 e. The number of nitrogens with one attached hydrogen (secondary N) is 1. The number of anilines is 1. The third-order valence-corrected chi connectivity index (χ3v) is 4.89. The molecule has 20 heavy (non-hydrogen) atoms. The summed E-state index contributed by atoms with van der Waals surface area (Å²) in [6.07, 6.45) is 1.72. The second-order valence-corrected chi connectivity index (χ2v) is 6.66. The second kappa shape index (κ2) is 7.26. The molecular formula is C13H19ClN2O3S.